The predicted molar refractivity (Wildman–Crippen MR) is 142 cm³/mol. The molecule has 0 aliphatic heterocycles. The normalized spacial score (nSPS) is 21.3. The number of carbonyl (C=O) groups is 1. The molecule has 0 spiro atoms. The number of nitrogens with zero attached hydrogens (tertiary/aromatic N) is 4. The van der Waals surface area contributed by atoms with Gasteiger partial charge < -0.3 is 20.1 Å². The Labute approximate surface area is 224 Å². The number of nitrogens with two attached hydrogens (primary N) is 1. The number of hydrogen-bond donors (Lipinski definition) is 4. The van der Waals surface area contributed by atoms with Gasteiger partial charge >= 0.3 is 10.3 Å². The zero-order valence-electron chi connectivity index (χ0n) is 21.0. The molecular weight excluding hydrogens is 524 g/mol. The molecule has 3 heterocycles. The molecule has 5 N–H and O–H groups in total. The summed E-state index contributed by atoms with van der Waals surface area (Å²) in [7, 11) is -4.20. The molecule has 1 aliphatic rings. The lowest BCUT2D eigenvalue weighted by Gasteiger charge is -2.19. The maximum absolute atomic E-state index is 13.8. The van der Waals surface area contributed by atoms with Crippen molar-refractivity contribution >= 4 is 32.8 Å². The van der Waals surface area contributed by atoms with E-state index in [4.69, 9.17) is 5.14 Å². The van der Waals surface area contributed by atoms with Crippen molar-refractivity contribution < 1.29 is 27.6 Å². The standard InChI is InChI=1S/C26H28N6O6S/c1-15-5-4-6-17(30-15)11-32-12-20(18-7-2-3-8-22(18)32)24(34)19-10-28-14-29-26(19)31-21-9-16(23(33)25(21)35)13-38-39(27,36)37/h2-8,10,12,14,16,21,23,25,33,35H,9,11,13H2,1H3,(H2,27,36,37)(H,28,29,31)/t16-,21-,23-,25+/m1/s1. The van der Waals surface area contributed by atoms with Crippen molar-refractivity contribution in [2.24, 2.45) is 11.1 Å². The van der Waals surface area contributed by atoms with Crippen LogP contribution in [0.1, 0.15) is 33.7 Å². The van der Waals surface area contributed by atoms with Crippen LogP contribution in [0.15, 0.2) is 61.2 Å². The van der Waals surface area contributed by atoms with E-state index in [0.717, 1.165) is 22.3 Å². The van der Waals surface area contributed by atoms with Crippen molar-refractivity contribution in [3.8, 4) is 0 Å². The van der Waals surface area contributed by atoms with E-state index in [9.17, 15) is 23.4 Å². The van der Waals surface area contributed by atoms with Crippen molar-refractivity contribution in [1.82, 2.24) is 19.5 Å². The zero-order chi connectivity index (χ0) is 27.7. The van der Waals surface area contributed by atoms with Crippen molar-refractivity contribution in [2.75, 3.05) is 11.9 Å². The highest BCUT2D eigenvalue weighted by Gasteiger charge is 2.42. The Hall–Kier alpha value is -3.75. The number of pyridine rings is 1. The van der Waals surface area contributed by atoms with Crippen molar-refractivity contribution in [3.63, 3.8) is 0 Å². The highest BCUT2D eigenvalue weighted by Crippen LogP contribution is 2.31. The Morgan fingerprint density at radius 2 is 1.95 bits per heavy atom. The number of aromatic nitrogens is 4. The number of hydrogen-bond acceptors (Lipinski definition) is 10. The minimum Gasteiger partial charge on any atom is -0.390 e. The van der Waals surface area contributed by atoms with Crippen LogP contribution >= 0.6 is 0 Å². The summed E-state index contributed by atoms with van der Waals surface area (Å²) in [4.78, 5) is 26.7. The van der Waals surface area contributed by atoms with Gasteiger partial charge in [0.2, 0.25) is 0 Å². The third-order valence-corrected chi connectivity index (χ3v) is 7.30. The van der Waals surface area contributed by atoms with E-state index in [-0.39, 0.29) is 30.2 Å². The van der Waals surface area contributed by atoms with Crippen LogP contribution < -0.4 is 10.5 Å². The number of anilines is 1. The van der Waals surface area contributed by atoms with Crippen LogP contribution in [0.3, 0.4) is 0 Å². The Balaban J connectivity index is 1.42. The molecule has 39 heavy (non-hydrogen) atoms. The fraction of sp³-hybridized carbons (Fsp3) is 0.308. The summed E-state index contributed by atoms with van der Waals surface area (Å²) in [5, 5.41) is 29.7. The van der Waals surface area contributed by atoms with E-state index in [2.05, 4.69) is 24.5 Å². The molecule has 1 saturated carbocycles. The zero-order valence-corrected chi connectivity index (χ0v) is 21.8. The number of aliphatic hydroxyl groups is 2. The van der Waals surface area contributed by atoms with Gasteiger partial charge in [-0.15, -0.1) is 0 Å². The second-order valence-electron chi connectivity index (χ2n) is 9.58. The van der Waals surface area contributed by atoms with Gasteiger partial charge in [0, 0.05) is 40.5 Å². The quantitative estimate of drug-likeness (QED) is 0.220. The number of ketones is 1. The van der Waals surface area contributed by atoms with Crippen molar-refractivity contribution in [3.05, 3.63) is 83.7 Å². The number of benzene rings is 1. The van der Waals surface area contributed by atoms with Crippen LogP contribution in [0.2, 0.25) is 0 Å². The van der Waals surface area contributed by atoms with Crippen LogP contribution in [0.25, 0.3) is 10.9 Å². The van der Waals surface area contributed by atoms with Gasteiger partial charge in [0.1, 0.15) is 18.2 Å². The maximum Gasteiger partial charge on any atom is 0.333 e. The second-order valence-corrected chi connectivity index (χ2v) is 10.8. The van der Waals surface area contributed by atoms with Crippen molar-refractivity contribution in [1.29, 1.82) is 0 Å². The molecule has 5 rings (SSSR count). The molecule has 1 aliphatic carbocycles. The van der Waals surface area contributed by atoms with Gasteiger partial charge in [-0.05, 0) is 31.5 Å². The number of nitrogens with one attached hydrogen (secondary N) is 1. The lowest BCUT2D eigenvalue weighted by Crippen LogP contribution is -2.36. The van der Waals surface area contributed by atoms with Gasteiger partial charge in [-0.1, -0.05) is 24.3 Å². The van der Waals surface area contributed by atoms with Crippen LogP contribution in [-0.4, -0.2) is 68.8 Å². The lowest BCUT2D eigenvalue weighted by atomic mass is 10.0. The molecule has 1 fully saturated rings. The molecule has 204 valence electrons. The van der Waals surface area contributed by atoms with Gasteiger partial charge in [-0.25, -0.2) is 15.1 Å². The van der Waals surface area contributed by atoms with Crippen molar-refractivity contribution in [2.45, 2.75) is 38.1 Å². The van der Waals surface area contributed by atoms with E-state index in [1.165, 1.54) is 12.5 Å². The number of aryl methyl sites for hydroxylation is 1. The summed E-state index contributed by atoms with van der Waals surface area (Å²) in [6.07, 6.45) is 2.07. The molecule has 0 bridgehead atoms. The van der Waals surface area contributed by atoms with Gasteiger partial charge in [-0.2, -0.15) is 8.42 Å². The Morgan fingerprint density at radius 3 is 2.72 bits per heavy atom. The summed E-state index contributed by atoms with van der Waals surface area (Å²) in [5.41, 5.74) is 3.25. The molecule has 0 saturated heterocycles. The van der Waals surface area contributed by atoms with Crippen LogP contribution in [0, 0.1) is 12.8 Å². The molecule has 3 aromatic heterocycles. The largest absolute Gasteiger partial charge is 0.390 e. The molecule has 13 heteroatoms. The first-order valence-electron chi connectivity index (χ1n) is 12.3. The number of fused-ring (bicyclic) bond motifs is 1. The number of para-hydroxylation sites is 1. The van der Waals surface area contributed by atoms with Gasteiger partial charge in [0.05, 0.1) is 36.6 Å². The van der Waals surface area contributed by atoms with Gasteiger partial charge in [-0.3, -0.25) is 14.0 Å². The molecule has 12 nitrogen and oxygen atoms in total. The summed E-state index contributed by atoms with van der Waals surface area (Å²) >= 11 is 0. The van der Waals surface area contributed by atoms with Gasteiger partial charge in [0.25, 0.3) is 0 Å². The van der Waals surface area contributed by atoms with E-state index in [1.807, 2.05) is 54.0 Å². The van der Waals surface area contributed by atoms with Crippen LogP contribution in [0.4, 0.5) is 5.82 Å². The SMILES string of the molecule is Cc1cccc(Cn2cc(C(=O)c3cncnc3N[C@@H]3C[C@H](COS(N)(=O)=O)[C@@H](O)[C@H]3O)c3ccccc32)n1. The first kappa shape index (κ1) is 26.8. The molecule has 4 atom stereocenters. The van der Waals surface area contributed by atoms with E-state index in [1.54, 1.807) is 6.20 Å². The monoisotopic (exact) mass is 552 g/mol. The number of carbonyl (C=O) groups excluding carboxylic acids is 1. The smallest absolute Gasteiger partial charge is 0.333 e. The lowest BCUT2D eigenvalue weighted by molar-refractivity contribution is 0.00778. The minimum atomic E-state index is -4.20. The highest BCUT2D eigenvalue weighted by molar-refractivity contribution is 7.84. The third-order valence-electron chi connectivity index (χ3n) is 6.84. The molecule has 0 amide bonds. The predicted octanol–water partition coefficient (Wildman–Crippen LogP) is 1.16. The molecule has 0 radical (unpaired) electrons. The third kappa shape index (κ3) is 5.82. The first-order valence-corrected chi connectivity index (χ1v) is 13.7. The molecule has 0 unspecified atom stereocenters. The average molecular weight is 553 g/mol. The van der Waals surface area contributed by atoms with E-state index >= 15 is 0 Å². The summed E-state index contributed by atoms with van der Waals surface area (Å²) in [6.45, 7) is 2.01. The van der Waals surface area contributed by atoms with E-state index < -0.39 is 34.5 Å². The number of rotatable bonds is 9. The van der Waals surface area contributed by atoms with Gasteiger partial charge in [0.15, 0.2) is 5.78 Å². The summed E-state index contributed by atoms with van der Waals surface area (Å²) in [5.74, 6) is -0.853. The fourth-order valence-corrected chi connectivity index (χ4v) is 5.33. The summed E-state index contributed by atoms with van der Waals surface area (Å²) < 4.78 is 28.9. The number of aliphatic hydroxyl groups excluding tert-OH is 2. The fourth-order valence-electron chi connectivity index (χ4n) is 4.97. The maximum atomic E-state index is 13.8. The average Bonchev–Trinajstić information content (AvgIpc) is 3.39. The summed E-state index contributed by atoms with van der Waals surface area (Å²) in [6, 6.07) is 12.6. The molecule has 4 aromatic rings. The molecule has 1 aromatic carbocycles. The second kappa shape index (κ2) is 10.8. The van der Waals surface area contributed by atoms with E-state index in [0.29, 0.717) is 12.1 Å². The Bertz CT molecular complexity index is 1620. The Kier molecular flexibility index (Phi) is 7.42. The first-order chi connectivity index (χ1) is 18.6. The topological polar surface area (TPSA) is 183 Å². The van der Waals surface area contributed by atoms with Crippen LogP contribution in [0.5, 0.6) is 0 Å². The highest BCUT2D eigenvalue weighted by atomic mass is 32.2. The Morgan fingerprint density at radius 1 is 1.15 bits per heavy atom. The molecular formula is C26H28N6O6S. The van der Waals surface area contributed by atoms with Crippen LogP contribution in [-0.2, 0) is 21.0 Å². The minimum absolute atomic E-state index is 0.151.